The highest BCUT2D eigenvalue weighted by Crippen LogP contribution is 2.44. The van der Waals surface area contributed by atoms with Gasteiger partial charge >= 0.3 is 0 Å². The van der Waals surface area contributed by atoms with Gasteiger partial charge in [-0.1, -0.05) is 20.8 Å². The summed E-state index contributed by atoms with van der Waals surface area (Å²) in [4.78, 5) is 9.20. The molecule has 1 fully saturated rings. The molecule has 0 radical (unpaired) electrons. The Hall–Kier alpha value is -1.32. The molecule has 4 heteroatoms. The Bertz CT molecular complexity index is 436. The van der Waals surface area contributed by atoms with Crippen molar-refractivity contribution < 1.29 is 0 Å². The smallest absolute Gasteiger partial charge is 0.135 e. The highest BCUT2D eigenvalue weighted by molar-refractivity contribution is 5.57. The Kier molecular flexibility index (Phi) is 3.46. The van der Waals surface area contributed by atoms with Crippen LogP contribution in [0.15, 0.2) is 0 Å². The first-order valence-electron chi connectivity index (χ1n) is 6.75. The summed E-state index contributed by atoms with van der Waals surface area (Å²) in [7, 11) is 1.91. The second-order valence-electron chi connectivity index (χ2n) is 5.97. The van der Waals surface area contributed by atoms with E-state index in [1.165, 1.54) is 12.8 Å². The molecule has 1 aromatic rings. The van der Waals surface area contributed by atoms with E-state index in [0.717, 1.165) is 29.6 Å². The van der Waals surface area contributed by atoms with Crippen molar-refractivity contribution >= 4 is 11.6 Å². The minimum atomic E-state index is 0.342. The fraction of sp³-hybridized carbons (Fsp3) is 0.714. The van der Waals surface area contributed by atoms with Crippen LogP contribution in [0.3, 0.4) is 0 Å². The molecule has 0 bridgehead atoms. The molecule has 100 valence electrons. The lowest BCUT2D eigenvalue weighted by molar-refractivity contribution is 0.608. The average Bonchev–Trinajstić information content (AvgIpc) is 3.06. The summed E-state index contributed by atoms with van der Waals surface area (Å²) in [6.45, 7) is 9.63. The second kappa shape index (κ2) is 4.75. The van der Waals surface area contributed by atoms with Crippen LogP contribution in [0, 0.1) is 12.3 Å². The number of nitrogens with one attached hydrogen (secondary N) is 2. The number of anilines is 2. The summed E-state index contributed by atoms with van der Waals surface area (Å²) in [5.74, 6) is 3.14. The molecule has 18 heavy (non-hydrogen) atoms. The molecule has 0 saturated heterocycles. The maximum Gasteiger partial charge on any atom is 0.135 e. The van der Waals surface area contributed by atoms with Gasteiger partial charge in [0.2, 0.25) is 0 Å². The molecular formula is C14H24N4. The van der Waals surface area contributed by atoms with Crippen LogP contribution in [0.5, 0.6) is 0 Å². The Morgan fingerprint density at radius 2 is 1.83 bits per heavy atom. The predicted octanol–water partition coefficient (Wildman–Crippen LogP) is 3.16. The third-order valence-electron chi connectivity index (χ3n) is 3.70. The maximum atomic E-state index is 4.65. The van der Waals surface area contributed by atoms with Crippen LogP contribution in [-0.4, -0.2) is 23.6 Å². The van der Waals surface area contributed by atoms with Crippen LogP contribution in [0.4, 0.5) is 11.6 Å². The zero-order valence-electron chi connectivity index (χ0n) is 12.1. The number of hydrogen-bond acceptors (Lipinski definition) is 4. The Morgan fingerprint density at radius 1 is 1.22 bits per heavy atom. The third kappa shape index (κ3) is 2.74. The van der Waals surface area contributed by atoms with E-state index in [4.69, 9.17) is 0 Å². The van der Waals surface area contributed by atoms with E-state index in [9.17, 15) is 0 Å². The zero-order chi connectivity index (χ0) is 13.3. The van der Waals surface area contributed by atoms with Crippen LogP contribution >= 0.6 is 0 Å². The van der Waals surface area contributed by atoms with Crippen molar-refractivity contribution in [3.05, 3.63) is 11.4 Å². The van der Waals surface area contributed by atoms with E-state index in [1.807, 2.05) is 7.05 Å². The van der Waals surface area contributed by atoms with Crippen molar-refractivity contribution in [1.29, 1.82) is 0 Å². The second-order valence-corrected chi connectivity index (χ2v) is 5.97. The van der Waals surface area contributed by atoms with Crippen LogP contribution in [0.2, 0.25) is 0 Å². The van der Waals surface area contributed by atoms with E-state index in [-0.39, 0.29) is 0 Å². The molecule has 1 aliphatic rings. The van der Waals surface area contributed by atoms with Gasteiger partial charge in [0, 0.05) is 25.1 Å². The predicted molar refractivity (Wildman–Crippen MR) is 76.2 cm³/mol. The first-order chi connectivity index (χ1) is 8.45. The minimum absolute atomic E-state index is 0.342. The monoisotopic (exact) mass is 248 g/mol. The van der Waals surface area contributed by atoms with Gasteiger partial charge in [-0.3, -0.25) is 0 Å². The van der Waals surface area contributed by atoms with Gasteiger partial charge in [-0.2, -0.15) is 0 Å². The summed E-state index contributed by atoms with van der Waals surface area (Å²) in [5.41, 5.74) is 1.58. The molecule has 0 unspecified atom stereocenters. The molecule has 4 nitrogen and oxygen atoms in total. The number of nitrogens with zero attached hydrogens (tertiary/aromatic N) is 2. The molecule has 0 aromatic carbocycles. The lowest BCUT2D eigenvalue weighted by Gasteiger charge is -2.17. The Labute approximate surface area is 110 Å². The molecule has 2 rings (SSSR count). The molecule has 0 atom stereocenters. The molecule has 0 aliphatic heterocycles. The van der Waals surface area contributed by atoms with Crippen LogP contribution in [0.1, 0.15) is 50.9 Å². The lowest BCUT2D eigenvalue weighted by atomic mass is 10.1. The zero-order valence-corrected chi connectivity index (χ0v) is 12.1. The van der Waals surface area contributed by atoms with Crippen LogP contribution in [0.25, 0.3) is 0 Å². The first kappa shape index (κ1) is 13.1. The summed E-state index contributed by atoms with van der Waals surface area (Å²) >= 11 is 0. The summed E-state index contributed by atoms with van der Waals surface area (Å²) in [5, 5.41) is 6.65. The van der Waals surface area contributed by atoms with Crippen LogP contribution < -0.4 is 10.6 Å². The summed E-state index contributed by atoms with van der Waals surface area (Å²) in [6, 6.07) is 0. The molecule has 0 spiro atoms. The lowest BCUT2D eigenvalue weighted by Crippen LogP contribution is -2.16. The average molecular weight is 248 g/mol. The van der Waals surface area contributed by atoms with Gasteiger partial charge < -0.3 is 10.6 Å². The van der Waals surface area contributed by atoms with Crippen molar-refractivity contribution in [2.75, 3.05) is 24.2 Å². The van der Waals surface area contributed by atoms with Gasteiger partial charge in [0.05, 0.1) is 0 Å². The maximum absolute atomic E-state index is 4.65. The molecule has 1 heterocycles. The van der Waals surface area contributed by atoms with Gasteiger partial charge in [0.15, 0.2) is 0 Å². The molecule has 0 amide bonds. The van der Waals surface area contributed by atoms with Crippen molar-refractivity contribution in [3.8, 4) is 0 Å². The Morgan fingerprint density at radius 3 is 2.33 bits per heavy atom. The van der Waals surface area contributed by atoms with Crippen molar-refractivity contribution in [2.24, 2.45) is 5.41 Å². The van der Waals surface area contributed by atoms with Gasteiger partial charge in [0.1, 0.15) is 17.5 Å². The van der Waals surface area contributed by atoms with Crippen molar-refractivity contribution in [2.45, 2.75) is 46.5 Å². The van der Waals surface area contributed by atoms with Gasteiger partial charge in [-0.05, 0) is 25.2 Å². The quantitative estimate of drug-likeness (QED) is 0.840. The standard InChI is InChI=1S/C14H24N4/c1-9(2)11-17-12(15-5)10(3)13(18-11)16-8-14(4)6-7-14/h9H,6-8H2,1-5H3,(H2,15,16,17,18). The van der Waals surface area contributed by atoms with E-state index in [0.29, 0.717) is 11.3 Å². The summed E-state index contributed by atoms with van der Waals surface area (Å²) < 4.78 is 0. The number of rotatable bonds is 5. The van der Waals surface area contributed by atoms with Crippen molar-refractivity contribution in [3.63, 3.8) is 0 Å². The van der Waals surface area contributed by atoms with Crippen LogP contribution in [-0.2, 0) is 0 Å². The topological polar surface area (TPSA) is 49.8 Å². The molecule has 2 N–H and O–H groups in total. The van der Waals surface area contributed by atoms with Gasteiger partial charge in [-0.25, -0.2) is 9.97 Å². The highest BCUT2D eigenvalue weighted by Gasteiger charge is 2.37. The van der Waals surface area contributed by atoms with E-state index in [1.54, 1.807) is 0 Å². The van der Waals surface area contributed by atoms with E-state index in [2.05, 4.69) is 48.3 Å². The highest BCUT2D eigenvalue weighted by atomic mass is 15.1. The van der Waals surface area contributed by atoms with Gasteiger partial charge in [0.25, 0.3) is 0 Å². The SMILES string of the molecule is CNc1nc(C(C)C)nc(NCC2(C)CC2)c1C. The molecule has 1 saturated carbocycles. The van der Waals surface area contributed by atoms with Crippen molar-refractivity contribution in [1.82, 2.24) is 9.97 Å². The number of aromatic nitrogens is 2. The fourth-order valence-corrected chi connectivity index (χ4v) is 1.89. The van der Waals surface area contributed by atoms with Gasteiger partial charge in [-0.15, -0.1) is 0 Å². The largest absolute Gasteiger partial charge is 0.373 e. The molecule has 1 aromatic heterocycles. The number of hydrogen-bond donors (Lipinski definition) is 2. The Balaban J connectivity index is 2.23. The summed E-state index contributed by atoms with van der Waals surface area (Å²) in [6.07, 6.45) is 2.64. The minimum Gasteiger partial charge on any atom is -0.373 e. The molecular weight excluding hydrogens is 224 g/mol. The third-order valence-corrected chi connectivity index (χ3v) is 3.70. The molecule has 1 aliphatic carbocycles. The van der Waals surface area contributed by atoms with E-state index >= 15 is 0 Å². The van der Waals surface area contributed by atoms with E-state index < -0.39 is 0 Å². The first-order valence-corrected chi connectivity index (χ1v) is 6.75. The fourth-order valence-electron chi connectivity index (χ4n) is 1.89. The normalized spacial score (nSPS) is 16.8.